The summed E-state index contributed by atoms with van der Waals surface area (Å²) in [5.74, 6) is 0.806. The van der Waals surface area contributed by atoms with E-state index in [9.17, 15) is 4.79 Å². The van der Waals surface area contributed by atoms with Gasteiger partial charge in [0.2, 0.25) is 0 Å². The normalized spacial score (nSPS) is 12.3. The standard InChI is InChI=1S/C18H23NO4/c1-13(2)9-10-21-14(3)18(20)22-12-16-11-17(23-19-16)15-7-5-4-6-8-15/h4-8,11,13-14H,9-10,12H2,1-3H3. The highest BCUT2D eigenvalue weighted by molar-refractivity contribution is 5.74. The summed E-state index contributed by atoms with van der Waals surface area (Å²) in [4.78, 5) is 11.9. The van der Waals surface area contributed by atoms with E-state index in [0.717, 1.165) is 12.0 Å². The summed E-state index contributed by atoms with van der Waals surface area (Å²) in [6, 6.07) is 11.4. The molecule has 0 amide bonds. The molecule has 0 N–H and O–H groups in total. The van der Waals surface area contributed by atoms with Crippen molar-refractivity contribution in [1.29, 1.82) is 0 Å². The van der Waals surface area contributed by atoms with Gasteiger partial charge >= 0.3 is 5.97 Å². The predicted octanol–water partition coefficient (Wildman–Crippen LogP) is 3.84. The van der Waals surface area contributed by atoms with Crippen LogP contribution >= 0.6 is 0 Å². The number of benzene rings is 1. The van der Waals surface area contributed by atoms with Crippen LogP contribution in [0.15, 0.2) is 40.9 Å². The lowest BCUT2D eigenvalue weighted by Gasteiger charge is -2.12. The maximum atomic E-state index is 11.9. The summed E-state index contributed by atoms with van der Waals surface area (Å²) in [5.41, 5.74) is 1.51. The van der Waals surface area contributed by atoms with Gasteiger partial charge in [0, 0.05) is 18.2 Å². The van der Waals surface area contributed by atoms with Gasteiger partial charge in [-0.15, -0.1) is 0 Å². The topological polar surface area (TPSA) is 61.6 Å². The Morgan fingerprint density at radius 3 is 2.65 bits per heavy atom. The molecule has 1 unspecified atom stereocenters. The molecule has 0 saturated heterocycles. The summed E-state index contributed by atoms with van der Waals surface area (Å²) < 4.78 is 15.9. The maximum Gasteiger partial charge on any atom is 0.335 e. The van der Waals surface area contributed by atoms with Crippen LogP contribution in [0.4, 0.5) is 0 Å². The van der Waals surface area contributed by atoms with Crippen LogP contribution in [0, 0.1) is 5.92 Å². The Balaban J connectivity index is 1.79. The van der Waals surface area contributed by atoms with E-state index in [4.69, 9.17) is 14.0 Å². The molecule has 0 saturated carbocycles. The zero-order valence-corrected chi connectivity index (χ0v) is 13.8. The molecular formula is C18H23NO4. The number of esters is 1. The Hall–Kier alpha value is -2.14. The third-order valence-corrected chi connectivity index (χ3v) is 3.37. The highest BCUT2D eigenvalue weighted by Gasteiger charge is 2.16. The molecule has 0 aliphatic rings. The highest BCUT2D eigenvalue weighted by Crippen LogP contribution is 2.20. The Bertz CT molecular complexity index is 606. The van der Waals surface area contributed by atoms with Gasteiger partial charge in [0.15, 0.2) is 11.9 Å². The van der Waals surface area contributed by atoms with E-state index >= 15 is 0 Å². The SMILES string of the molecule is CC(C)CCOC(C)C(=O)OCc1cc(-c2ccccc2)on1. The van der Waals surface area contributed by atoms with Gasteiger partial charge in [0.05, 0.1) is 0 Å². The number of carbonyl (C=O) groups is 1. The molecule has 5 heteroatoms. The number of nitrogens with zero attached hydrogens (tertiary/aromatic N) is 1. The van der Waals surface area contributed by atoms with Gasteiger partial charge in [0.25, 0.3) is 0 Å². The molecule has 0 radical (unpaired) electrons. The third kappa shape index (κ3) is 5.53. The zero-order chi connectivity index (χ0) is 16.7. The fourth-order valence-electron chi connectivity index (χ4n) is 1.93. The first-order valence-corrected chi connectivity index (χ1v) is 7.85. The van der Waals surface area contributed by atoms with Gasteiger partial charge < -0.3 is 14.0 Å². The average molecular weight is 317 g/mol. The molecule has 0 spiro atoms. The second kappa shape index (κ2) is 8.48. The van der Waals surface area contributed by atoms with Crippen molar-refractivity contribution in [2.45, 2.75) is 39.9 Å². The molecule has 0 fully saturated rings. The van der Waals surface area contributed by atoms with Crippen LogP contribution in [0.25, 0.3) is 11.3 Å². The van der Waals surface area contributed by atoms with Gasteiger partial charge in [0.1, 0.15) is 12.3 Å². The lowest BCUT2D eigenvalue weighted by Crippen LogP contribution is -2.24. The molecule has 0 aliphatic heterocycles. The van der Waals surface area contributed by atoms with Crippen LogP contribution < -0.4 is 0 Å². The third-order valence-electron chi connectivity index (χ3n) is 3.37. The van der Waals surface area contributed by atoms with Crippen molar-refractivity contribution in [1.82, 2.24) is 5.16 Å². The number of hydrogen-bond donors (Lipinski definition) is 0. The predicted molar refractivity (Wildman–Crippen MR) is 86.6 cm³/mol. The van der Waals surface area contributed by atoms with Gasteiger partial charge in [-0.25, -0.2) is 4.79 Å². The molecule has 0 aliphatic carbocycles. The lowest BCUT2D eigenvalue weighted by atomic mass is 10.1. The first-order valence-electron chi connectivity index (χ1n) is 7.85. The maximum absolute atomic E-state index is 11.9. The summed E-state index contributed by atoms with van der Waals surface area (Å²) in [5, 5.41) is 3.92. The van der Waals surface area contributed by atoms with E-state index in [1.54, 1.807) is 13.0 Å². The largest absolute Gasteiger partial charge is 0.457 e. The molecule has 5 nitrogen and oxygen atoms in total. The van der Waals surface area contributed by atoms with Gasteiger partial charge in [-0.05, 0) is 19.3 Å². The summed E-state index contributed by atoms with van der Waals surface area (Å²) in [7, 11) is 0. The quantitative estimate of drug-likeness (QED) is 0.692. The summed E-state index contributed by atoms with van der Waals surface area (Å²) in [6.07, 6.45) is 0.343. The van der Waals surface area contributed by atoms with Gasteiger partial charge in [-0.1, -0.05) is 49.3 Å². The van der Waals surface area contributed by atoms with Crippen molar-refractivity contribution >= 4 is 5.97 Å². The Morgan fingerprint density at radius 2 is 1.96 bits per heavy atom. The Labute approximate surface area is 136 Å². The molecular weight excluding hydrogens is 294 g/mol. The number of aromatic nitrogens is 1. The van der Waals surface area contributed by atoms with Crippen molar-refractivity contribution < 1.29 is 18.8 Å². The lowest BCUT2D eigenvalue weighted by molar-refractivity contribution is -0.157. The molecule has 23 heavy (non-hydrogen) atoms. The average Bonchev–Trinajstić information content (AvgIpc) is 3.02. The minimum absolute atomic E-state index is 0.0764. The number of ether oxygens (including phenoxy) is 2. The van der Waals surface area contributed by atoms with E-state index in [1.165, 1.54) is 0 Å². The molecule has 1 atom stereocenters. The van der Waals surface area contributed by atoms with Crippen molar-refractivity contribution in [2.24, 2.45) is 5.92 Å². The smallest absolute Gasteiger partial charge is 0.335 e. The second-order valence-electron chi connectivity index (χ2n) is 5.85. The van der Waals surface area contributed by atoms with E-state index in [2.05, 4.69) is 19.0 Å². The van der Waals surface area contributed by atoms with E-state index < -0.39 is 12.1 Å². The molecule has 1 heterocycles. The van der Waals surface area contributed by atoms with Crippen LogP contribution in [0.5, 0.6) is 0 Å². The van der Waals surface area contributed by atoms with Crippen LogP contribution in [0.2, 0.25) is 0 Å². The minimum atomic E-state index is -0.575. The fraction of sp³-hybridized carbons (Fsp3) is 0.444. The van der Waals surface area contributed by atoms with Crippen LogP contribution in [-0.4, -0.2) is 23.8 Å². The Kier molecular flexibility index (Phi) is 6.35. The number of hydrogen-bond acceptors (Lipinski definition) is 5. The molecule has 2 aromatic rings. The first-order chi connectivity index (χ1) is 11.1. The van der Waals surface area contributed by atoms with E-state index in [1.807, 2.05) is 30.3 Å². The molecule has 124 valence electrons. The minimum Gasteiger partial charge on any atom is -0.457 e. The van der Waals surface area contributed by atoms with Crippen molar-refractivity contribution in [2.75, 3.05) is 6.61 Å². The van der Waals surface area contributed by atoms with Crippen molar-refractivity contribution in [3.05, 3.63) is 42.1 Å². The van der Waals surface area contributed by atoms with Gasteiger partial charge in [-0.2, -0.15) is 0 Å². The molecule has 2 rings (SSSR count). The molecule has 1 aromatic carbocycles. The number of rotatable bonds is 8. The summed E-state index contributed by atoms with van der Waals surface area (Å²) >= 11 is 0. The van der Waals surface area contributed by atoms with Crippen molar-refractivity contribution in [3.8, 4) is 11.3 Å². The number of carbonyl (C=O) groups excluding carboxylic acids is 1. The second-order valence-corrected chi connectivity index (χ2v) is 5.85. The first kappa shape index (κ1) is 17.2. The highest BCUT2D eigenvalue weighted by atomic mass is 16.6. The molecule has 0 bridgehead atoms. The van der Waals surface area contributed by atoms with Gasteiger partial charge in [-0.3, -0.25) is 0 Å². The zero-order valence-electron chi connectivity index (χ0n) is 13.8. The van der Waals surface area contributed by atoms with Crippen LogP contribution in [0.3, 0.4) is 0 Å². The summed E-state index contributed by atoms with van der Waals surface area (Å²) in [6.45, 7) is 6.55. The van der Waals surface area contributed by atoms with E-state index in [-0.39, 0.29) is 6.61 Å². The van der Waals surface area contributed by atoms with Crippen LogP contribution in [-0.2, 0) is 20.9 Å². The molecule has 1 aromatic heterocycles. The Morgan fingerprint density at radius 1 is 1.22 bits per heavy atom. The van der Waals surface area contributed by atoms with E-state index in [0.29, 0.717) is 24.0 Å². The van der Waals surface area contributed by atoms with Crippen LogP contribution in [0.1, 0.15) is 32.9 Å². The fourth-order valence-corrected chi connectivity index (χ4v) is 1.93. The van der Waals surface area contributed by atoms with Crippen molar-refractivity contribution in [3.63, 3.8) is 0 Å². The monoisotopic (exact) mass is 317 g/mol.